The molecule has 3 aromatic rings. The molecule has 192 valence electrons. The van der Waals surface area contributed by atoms with Crippen LogP contribution >= 0.6 is 0 Å². The second-order valence-corrected chi connectivity index (χ2v) is 11.8. The van der Waals surface area contributed by atoms with E-state index in [9.17, 15) is 15.0 Å². The first-order chi connectivity index (χ1) is 18.0. The molecule has 5 aliphatic rings. The molecule has 3 N–H and O–H groups in total. The Morgan fingerprint density at radius 2 is 2.03 bits per heavy atom. The Morgan fingerprint density at radius 3 is 2.89 bits per heavy atom. The van der Waals surface area contributed by atoms with Gasteiger partial charge in [0.1, 0.15) is 6.10 Å². The summed E-state index contributed by atoms with van der Waals surface area (Å²) in [5, 5.41) is 31.9. The van der Waals surface area contributed by atoms with Crippen LogP contribution in [0.2, 0.25) is 0 Å². The smallest absolute Gasteiger partial charge is 0.228 e. The third-order valence-corrected chi connectivity index (χ3v) is 10.0. The van der Waals surface area contributed by atoms with Crippen LogP contribution < -0.4 is 4.74 Å². The van der Waals surface area contributed by atoms with Crippen molar-refractivity contribution in [2.75, 3.05) is 26.2 Å². The van der Waals surface area contributed by atoms with Gasteiger partial charge in [0, 0.05) is 30.1 Å². The van der Waals surface area contributed by atoms with E-state index in [1.165, 1.54) is 18.4 Å². The van der Waals surface area contributed by atoms with Crippen molar-refractivity contribution in [3.63, 3.8) is 0 Å². The third kappa shape index (κ3) is 2.91. The molecule has 8 rings (SSSR count). The zero-order valence-electron chi connectivity index (χ0n) is 20.8. The molecule has 2 aliphatic carbocycles. The number of phenols is 1. The number of nitrogens with one attached hydrogen (secondary N) is 1. The number of hydrogen-bond acceptors (Lipinski definition) is 6. The lowest BCUT2D eigenvalue weighted by molar-refractivity contribution is -0.162. The van der Waals surface area contributed by atoms with Crippen molar-refractivity contribution in [1.82, 2.24) is 20.0 Å². The fourth-order valence-electron chi connectivity index (χ4n) is 8.04. The van der Waals surface area contributed by atoms with Gasteiger partial charge in [-0.3, -0.25) is 14.8 Å². The number of rotatable bonds is 4. The fourth-order valence-corrected chi connectivity index (χ4v) is 8.04. The van der Waals surface area contributed by atoms with Crippen LogP contribution in [0, 0.1) is 5.92 Å². The van der Waals surface area contributed by atoms with Gasteiger partial charge < -0.3 is 19.8 Å². The van der Waals surface area contributed by atoms with Crippen molar-refractivity contribution in [1.29, 1.82) is 0 Å². The Hall–Kier alpha value is -3.10. The molecular weight excluding hydrogens is 468 g/mol. The number of aromatic nitrogens is 2. The van der Waals surface area contributed by atoms with Crippen molar-refractivity contribution in [3.8, 4) is 11.5 Å². The molecule has 8 heteroatoms. The van der Waals surface area contributed by atoms with Gasteiger partial charge in [-0.25, -0.2) is 0 Å². The number of nitrogens with zero attached hydrogens (tertiary/aromatic N) is 3. The SMILES string of the molecule is O=C(Cc1[nH]nc2ccccc12)N1CC[C@@]2(O)[C@H]3Cc4ccc(O)c5c4[C@@]2(CCN3CC2CC2)[C@H](C1)O5. The van der Waals surface area contributed by atoms with Crippen LogP contribution in [-0.2, 0) is 23.1 Å². The number of ether oxygens (including phenoxy) is 1. The van der Waals surface area contributed by atoms with Gasteiger partial charge in [-0.15, -0.1) is 0 Å². The number of amides is 1. The molecule has 4 heterocycles. The molecule has 2 bridgehead atoms. The number of para-hydroxylation sites is 1. The van der Waals surface area contributed by atoms with Gasteiger partial charge in [0.2, 0.25) is 5.91 Å². The van der Waals surface area contributed by atoms with E-state index in [2.05, 4.69) is 15.1 Å². The zero-order valence-corrected chi connectivity index (χ0v) is 20.8. The van der Waals surface area contributed by atoms with Crippen molar-refractivity contribution < 1.29 is 19.7 Å². The predicted octanol–water partition coefficient (Wildman–Crippen LogP) is 2.51. The van der Waals surface area contributed by atoms with Gasteiger partial charge in [0.25, 0.3) is 0 Å². The summed E-state index contributed by atoms with van der Waals surface area (Å²) >= 11 is 0. The summed E-state index contributed by atoms with van der Waals surface area (Å²) < 4.78 is 6.53. The summed E-state index contributed by atoms with van der Waals surface area (Å²) in [4.78, 5) is 18.1. The van der Waals surface area contributed by atoms with E-state index >= 15 is 0 Å². The Balaban J connectivity index is 1.18. The van der Waals surface area contributed by atoms with E-state index in [1.807, 2.05) is 35.2 Å². The number of phenolic OH excluding ortho intramolecular Hbond substituents is 1. The second-order valence-electron chi connectivity index (χ2n) is 11.8. The topological polar surface area (TPSA) is 102 Å². The van der Waals surface area contributed by atoms with Crippen molar-refractivity contribution >= 4 is 16.8 Å². The van der Waals surface area contributed by atoms with Crippen LogP contribution in [0.3, 0.4) is 0 Å². The lowest BCUT2D eigenvalue weighted by atomic mass is 9.52. The number of piperidine rings is 1. The van der Waals surface area contributed by atoms with E-state index in [0.717, 1.165) is 54.0 Å². The number of benzene rings is 2. The number of carbonyl (C=O) groups excluding carboxylic acids is 1. The van der Waals surface area contributed by atoms with Crippen LogP contribution in [0.25, 0.3) is 10.9 Å². The molecule has 2 saturated heterocycles. The highest BCUT2D eigenvalue weighted by Gasteiger charge is 2.71. The number of aromatic amines is 1. The number of aromatic hydroxyl groups is 1. The number of hydrogen-bond donors (Lipinski definition) is 3. The second kappa shape index (κ2) is 7.48. The van der Waals surface area contributed by atoms with Gasteiger partial charge in [0.05, 0.1) is 35.2 Å². The van der Waals surface area contributed by atoms with E-state index in [-0.39, 0.29) is 24.1 Å². The molecule has 8 nitrogen and oxygen atoms in total. The highest BCUT2D eigenvalue weighted by molar-refractivity contribution is 5.87. The minimum absolute atomic E-state index is 0.00133. The number of likely N-dealkylation sites (tertiary alicyclic amines) is 2. The lowest BCUT2D eigenvalue weighted by Crippen LogP contribution is -2.74. The highest BCUT2D eigenvalue weighted by Crippen LogP contribution is 2.63. The van der Waals surface area contributed by atoms with Crippen LogP contribution in [0.5, 0.6) is 11.5 Å². The van der Waals surface area contributed by atoms with Gasteiger partial charge >= 0.3 is 0 Å². The molecule has 1 aromatic heterocycles. The first-order valence-corrected chi connectivity index (χ1v) is 13.7. The molecule has 37 heavy (non-hydrogen) atoms. The molecular formula is C29H32N4O4. The van der Waals surface area contributed by atoms with Crippen molar-refractivity contribution in [3.05, 3.63) is 53.2 Å². The summed E-state index contributed by atoms with van der Waals surface area (Å²) in [6, 6.07) is 11.6. The quantitative estimate of drug-likeness (QED) is 0.509. The zero-order chi connectivity index (χ0) is 24.9. The van der Waals surface area contributed by atoms with E-state index in [0.29, 0.717) is 25.3 Å². The number of carbonyl (C=O) groups is 1. The summed E-state index contributed by atoms with van der Waals surface area (Å²) in [5.41, 5.74) is 2.19. The first kappa shape index (κ1) is 21.9. The van der Waals surface area contributed by atoms with E-state index in [1.54, 1.807) is 6.07 Å². The Bertz CT molecular complexity index is 1430. The summed E-state index contributed by atoms with van der Waals surface area (Å²) in [6.07, 6.45) is 4.40. The molecule has 1 saturated carbocycles. The average Bonchev–Trinajstić information content (AvgIpc) is 3.55. The molecule has 1 amide bonds. The minimum atomic E-state index is -1.02. The molecule has 0 radical (unpaired) electrons. The molecule has 3 fully saturated rings. The third-order valence-electron chi connectivity index (χ3n) is 10.0. The Kier molecular flexibility index (Phi) is 4.43. The van der Waals surface area contributed by atoms with E-state index < -0.39 is 17.1 Å². The minimum Gasteiger partial charge on any atom is -0.504 e. The van der Waals surface area contributed by atoms with Gasteiger partial charge in [-0.1, -0.05) is 24.3 Å². The van der Waals surface area contributed by atoms with Gasteiger partial charge in [-0.05, 0) is 62.3 Å². The largest absolute Gasteiger partial charge is 0.504 e. The average molecular weight is 501 g/mol. The molecule has 1 spiro atoms. The molecule has 3 aliphatic heterocycles. The molecule has 0 unspecified atom stereocenters. The standard InChI is InChI=1S/C29H32N4O4/c34-22-8-7-18-13-23-29(36)10-12-33(25(35)14-21-19-3-1-2-4-20(19)30-31-21)16-24-28(29,26(18)27(22)37-24)9-11-32(23)15-17-5-6-17/h1-4,7-8,17,23-24,34,36H,5-6,9-16H2,(H,30,31)/t23-,24+,28-,29-/m1/s1. The van der Waals surface area contributed by atoms with Gasteiger partial charge in [-0.2, -0.15) is 5.10 Å². The molecule has 2 aromatic carbocycles. The summed E-state index contributed by atoms with van der Waals surface area (Å²) in [6.45, 7) is 2.83. The Labute approximate surface area is 215 Å². The predicted molar refractivity (Wildman–Crippen MR) is 137 cm³/mol. The van der Waals surface area contributed by atoms with Crippen LogP contribution in [0.1, 0.15) is 42.5 Å². The monoisotopic (exact) mass is 500 g/mol. The maximum absolute atomic E-state index is 13.7. The highest BCUT2D eigenvalue weighted by atomic mass is 16.5. The summed E-state index contributed by atoms with van der Waals surface area (Å²) in [5.74, 6) is 1.38. The maximum Gasteiger partial charge on any atom is 0.228 e. The number of fused-ring (bicyclic) bond motifs is 1. The van der Waals surface area contributed by atoms with Crippen LogP contribution in [0.4, 0.5) is 0 Å². The van der Waals surface area contributed by atoms with E-state index in [4.69, 9.17) is 4.74 Å². The fraction of sp³-hybridized carbons (Fsp3) is 0.517. The van der Waals surface area contributed by atoms with Crippen molar-refractivity contribution in [2.45, 2.75) is 61.7 Å². The lowest BCUT2D eigenvalue weighted by Gasteiger charge is -2.60. The maximum atomic E-state index is 13.7. The normalized spacial score (nSPS) is 32.2. The van der Waals surface area contributed by atoms with Gasteiger partial charge in [0.15, 0.2) is 11.5 Å². The van der Waals surface area contributed by atoms with Crippen LogP contribution in [0.15, 0.2) is 36.4 Å². The van der Waals surface area contributed by atoms with Crippen LogP contribution in [-0.4, -0.2) is 80.0 Å². The number of aliphatic hydroxyl groups is 1. The number of H-pyrrole nitrogens is 1. The Morgan fingerprint density at radius 1 is 1.16 bits per heavy atom. The van der Waals surface area contributed by atoms with Crippen molar-refractivity contribution in [2.24, 2.45) is 5.92 Å². The first-order valence-electron chi connectivity index (χ1n) is 13.7. The molecule has 4 atom stereocenters. The summed E-state index contributed by atoms with van der Waals surface area (Å²) in [7, 11) is 0.